The van der Waals surface area contributed by atoms with Gasteiger partial charge in [-0.15, -0.1) is 6.58 Å². The summed E-state index contributed by atoms with van der Waals surface area (Å²) in [6.07, 6.45) is 22.8. The summed E-state index contributed by atoms with van der Waals surface area (Å²) in [7, 11) is 0. The summed E-state index contributed by atoms with van der Waals surface area (Å²) >= 11 is 0. The van der Waals surface area contributed by atoms with Gasteiger partial charge in [-0.3, -0.25) is 4.79 Å². The molecule has 0 amide bonds. The average Bonchev–Trinajstić information content (AvgIpc) is 2.79. The quantitative estimate of drug-likeness (QED) is 0.410. The van der Waals surface area contributed by atoms with Gasteiger partial charge in [0.1, 0.15) is 5.78 Å². The monoisotopic (exact) mass is 426 g/mol. The second kappa shape index (κ2) is 9.96. The zero-order chi connectivity index (χ0) is 22.7. The molecule has 4 aliphatic carbocycles. The lowest BCUT2D eigenvalue weighted by Crippen LogP contribution is -2.52. The van der Waals surface area contributed by atoms with Gasteiger partial charge in [0.25, 0.3) is 0 Å². The molecule has 4 rings (SSSR count). The van der Waals surface area contributed by atoms with E-state index in [-0.39, 0.29) is 16.2 Å². The van der Waals surface area contributed by atoms with Crippen LogP contribution >= 0.6 is 0 Å². The first-order valence-electron chi connectivity index (χ1n) is 13.6. The Morgan fingerprint density at radius 2 is 1.74 bits per heavy atom. The van der Waals surface area contributed by atoms with E-state index < -0.39 is 0 Å². The standard InChI is InChI=1S/C22H34O.C8H16/c1-6-19(23)22(5)13-8-12-21(4)17-11-14-20(3,7-2)15-16(17)9-10-18(21)22;1-2-8-6-4-3-5-7-8/h7,11,16,18H,2,6,8-10,12-15H2,1,3-5H3;8H,2-7H2,1H3. The number of carbonyl (C=O) groups excluding carboxylic acids is 1. The number of hydrogen-bond acceptors (Lipinski definition) is 1. The van der Waals surface area contributed by atoms with Crippen LogP contribution < -0.4 is 0 Å². The van der Waals surface area contributed by atoms with Gasteiger partial charge in [-0.05, 0) is 67.1 Å². The molecule has 176 valence electrons. The van der Waals surface area contributed by atoms with E-state index in [0.717, 1.165) is 18.8 Å². The first kappa shape index (κ1) is 24.8. The molecule has 5 unspecified atom stereocenters. The highest BCUT2D eigenvalue weighted by molar-refractivity contribution is 5.85. The van der Waals surface area contributed by atoms with Crippen molar-refractivity contribution in [1.82, 2.24) is 0 Å². The maximum atomic E-state index is 12.8. The Hall–Kier alpha value is -0.850. The SMILES string of the molecule is C=CC1(C)CC=C2C(CCC3C(C)(C(=O)CC)CCCC23C)C1.CCC1CCCCC1. The Kier molecular flexibility index (Phi) is 7.97. The lowest BCUT2D eigenvalue weighted by Gasteiger charge is -2.58. The van der Waals surface area contributed by atoms with Crippen LogP contribution in [0, 0.1) is 34.0 Å². The Balaban J connectivity index is 0.000000287. The van der Waals surface area contributed by atoms with E-state index in [1.807, 2.05) is 6.92 Å². The average molecular weight is 427 g/mol. The minimum atomic E-state index is -0.0905. The normalized spacial score (nSPS) is 40.5. The van der Waals surface area contributed by atoms with E-state index in [1.54, 1.807) is 5.57 Å². The highest BCUT2D eigenvalue weighted by Crippen LogP contribution is 2.64. The van der Waals surface area contributed by atoms with E-state index in [4.69, 9.17) is 0 Å². The largest absolute Gasteiger partial charge is 0.299 e. The van der Waals surface area contributed by atoms with Crippen LogP contribution in [0.4, 0.5) is 0 Å². The molecular formula is C30H50O. The molecule has 0 radical (unpaired) electrons. The van der Waals surface area contributed by atoms with Crippen LogP contribution in [0.1, 0.15) is 125 Å². The molecule has 0 N–H and O–H groups in total. The molecule has 0 aromatic heterocycles. The van der Waals surface area contributed by atoms with Crippen molar-refractivity contribution in [3.8, 4) is 0 Å². The second-order valence-corrected chi connectivity index (χ2v) is 12.1. The molecule has 0 heterocycles. The Bertz CT molecular complexity index is 668. The lowest BCUT2D eigenvalue weighted by molar-refractivity contribution is -0.139. The first-order valence-corrected chi connectivity index (χ1v) is 13.6. The highest BCUT2D eigenvalue weighted by Gasteiger charge is 2.56. The van der Waals surface area contributed by atoms with Crippen molar-refractivity contribution in [2.24, 2.45) is 34.0 Å². The van der Waals surface area contributed by atoms with Crippen molar-refractivity contribution in [2.45, 2.75) is 125 Å². The Morgan fingerprint density at radius 1 is 1.03 bits per heavy atom. The fraction of sp³-hybridized carbons (Fsp3) is 0.833. The van der Waals surface area contributed by atoms with E-state index in [0.29, 0.717) is 24.0 Å². The molecule has 0 saturated heterocycles. The van der Waals surface area contributed by atoms with Crippen molar-refractivity contribution in [2.75, 3.05) is 0 Å². The molecule has 4 aliphatic rings. The third-order valence-corrected chi connectivity index (χ3v) is 10.1. The lowest BCUT2D eigenvalue weighted by atomic mass is 9.45. The molecule has 0 aromatic carbocycles. The maximum Gasteiger partial charge on any atom is 0.138 e. The summed E-state index contributed by atoms with van der Waals surface area (Å²) in [6, 6.07) is 0. The van der Waals surface area contributed by atoms with E-state index >= 15 is 0 Å². The summed E-state index contributed by atoms with van der Waals surface area (Å²) in [5.41, 5.74) is 2.13. The van der Waals surface area contributed by atoms with Gasteiger partial charge in [0.2, 0.25) is 0 Å². The Labute approximate surface area is 193 Å². The van der Waals surface area contributed by atoms with Crippen LogP contribution in [0.25, 0.3) is 0 Å². The van der Waals surface area contributed by atoms with Crippen LogP contribution in [-0.4, -0.2) is 5.78 Å². The minimum Gasteiger partial charge on any atom is -0.299 e. The van der Waals surface area contributed by atoms with Gasteiger partial charge < -0.3 is 0 Å². The second-order valence-electron chi connectivity index (χ2n) is 12.1. The number of Topliss-reactive ketones (excluding diaryl/α,β-unsaturated/α-hetero) is 1. The highest BCUT2D eigenvalue weighted by atomic mass is 16.1. The van der Waals surface area contributed by atoms with Crippen LogP contribution in [0.2, 0.25) is 0 Å². The van der Waals surface area contributed by atoms with Gasteiger partial charge in [-0.1, -0.05) is 97.3 Å². The topological polar surface area (TPSA) is 17.1 Å². The minimum absolute atomic E-state index is 0.0905. The number of ketones is 1. The van der Waals surface area contributed by atoms with Crippen molar-refractivity contribution in [1.29, 1.82) is 0 Å². The summed E-state index contributed by atoms with van der Waals surface area (Å²) < 4.78 is 0. The maximum absolute atomic E-state index is 12.8. The molecule has 5 atom stereocenters. The number of rotatable bonds is 4. The summed E-state index contributed by atoms with van der Waals surface area (Å²) in [5.74, 6) is 2.85. The van der Waals surface area contributed by atoms with Gasteiger partial charge in [0, 0.05) is 11.8 Å². The van der Waals surface area contributed by atoms with E-state index in [9.17, 15) is 4.79 Å². The summed E-state index contributed by atoms with van der Waals surface area (Å²) in [4.78, 5) is 12.8. The van der Waals surface area contributed by atoms with Crippen LogP contribution in [0.3, 0.4) is 0 Å². The number of fused-ring (bicyclic) bond motifs is 3. The Morgan fingerprint density at radius 3 is 2.32 bits per heavy atom. The van der Waals surface area contributed by atoms with E-state index in [1.165, 1.54) is 70.6 Å². The van der Waals surface area contributed by atoms with Crippen LogP contribution in [0.5, 0.6) is 0 Å². The third kappa shape index (κ3) is 4.91. The van der Waals surface area contributed by atoms with Gasteiger partial charge >= 0.3 is 0 Å². The fourth-order valence-corrected chi connectivity index (χ4v) is 7.95. The zero-order valence-electron chi connectivity index (χ0n) is 21.4. The molecule has 1 heteroatoms. The zero-order valence-corrected chi connectivity index (χ0v) is 21.4. The number of hydrogen-bond donors (Lipinski definition) is 0. The van der Waals surface area contributed by atoms with Crippen molar-refractivity contribution >= 4 is 5.78 Å². The first-order chi connectivity index (χ1) is 14.7. The molecule has 0 aromatic rings. The van der Waals surface area contributed by atoms with Crippen LogP contribution in [0.15, 0.2) is 24.3 Å². The van der Waals surface area contributed by atoms with Crippen LogP contribution in [-0.2, 0) is 4.79 Å². The number of carbonyl (C=O) groups is 1. The van der Waals surface area contributed by atoms with Gasteiger partial charge in [-0.25, -0.2) is 0 Å². The predicted octanol–water partition coefficient (Wildman–Crippen LogP) is 9.08. The smallest absolute Gasteiger partial charge is 0.138 e. The van der Waals surface area contributed by atoms with Crippen molar-refractivity contribution in [3.05, 3.63) is 24.3 Å². The molecule has 0 spiro atoms. The predicted molar refractivity (Wildman–Crippen MR) is 134 cm³/mol. The molecule has 3 fully saturated rings. The third-order valence-electron chi connectivity index (χ3n) is 10.1. The number of allylic oxidation sites excluding steroid dienone is 3. The molecular weight excluding hydrogens is 376 g/mol. The molecule has 0 aliphatic heterocycles. The van der Waals surface area contributed by atoms with E-state index in [2.05, 4.69) is 46.4 Å². The molecule has 3 saturated carbocycles. The van der Waals surface area contributed by atoms with Gasteiger partial charge in [0.05, 0.1) is 0 Å². The van der Waals surface area contributed by atoms with Gasteiger partial charge in [-0.2, -0.15) is 0 Å². The summed E-state index contributed by atoms with van der Waals surface area (Å²) in [6.45, 7) is 15.5. The van der Waals surface area contributed by atoms with Crippen molar-refractivity contribution in [3.63, 3.8) is 0 Å². The van der Waals surface area contributed by atoms with Crippen molar-refractivity contribution < 1.29 is 4.79 Å². The molecule has 0 bridgehead atoms. The van der Waals surface area contributed by atoms with Gasteiger partial charge in [0.15, 0.2) is 0 Å². The molecule has 1 nitrogen and oxygen atoms in total. The fourth-order valence-electron chi connectivity index (χ4n) is 7.95. The molecule has 31 heavy (non-hydrogen) atoms. The summed E-state index contributed by atoms with van der Waals surface area (Å²) in [5, 5.41) is 0.